The van der Waals surface area contributed by atoms with E-state index in [4.69, 9.17) is 16.7 Å². The SMILES string of the molecule is O=C(O)c1c(Cl)cccc1-c1cccs1. The number of hydrogen-bond acceptors (Lipinski definition) is 2. The van der Waals surface area contributed by atoms with E-state index in [0.29, 0.717) is 5.56 Å². The van der Waals surface area contributed by atoms with Crippen molar-refractivity contribution in [2.75, 3.05) is 0 Å². The van der Waals surface area contributed by atoms with Crippen LogP contribution < -0.4 is 0 Å². The van der Waals surface area contributed by atoms with Gasteiger partial charge in [0.2, 0.25) is 0 Å². The van der Waals surface area contributed by atoms with Crippen molar-refractivity contribution in [2.24, 2.45) is 0 Å². The van der Waals surface area contributed by atoms with Crippen LogP contribution in [-0.2, 0) is 0 Å². The molecule has 0 aliphatic rings. The predicted molar refractivity (Wildman–Crippen MR) is 61.7 cm³/mol. The minimum absolute atomic E-state index is 0.168. The lowest BCUT2D eigenvalue weighted by molar-refractivity contribution is 0.0698. The van der Waals surface area contributed by atoms with Crippen LogP contribution in [0.2, 0.25) is 5.02 Å². The van der Waals surface area contributed by atoms with Crippen molar-refractivity contribution in [1.29, 1.82) is 0 Å². The Morgan fingerprint density at radius 3 is 2.67 bits per heavy atom. The molecule has 0 saturated carbocycles. The van der Waals surface area contributed by atoms with Crippen LogP contribution in [0.25, 0.3) is 10.4 Å². The average molecular weight is 239 g/mol. The van der Waals surface area contributed by atoms with Crippen molar-refractivity contribution in [3.05, 3.63) is 46.3 Å². The molecule has 1 N–H and O–H groups in total. The molecule has 76 valence electrons. The van der Waals surface area contributed by atoms with Gasteiger partial charge in [0.1, 0.15) is 0 Å². The Morgan fingerprint density at radius 1 is 1.27 bits per heavy atom. The molecule has 2 rings (SSSR count). The van der Waals surface area contributed by atoms with Gasteiger partial charge in [0.15, 0.2) is 0 Å². The summed E-state index contributed by atoms with van der Waals surface area (Å²) in [6.07, 6.45) is 0. The van der Waals surface area contributed by atoms with Crippen molar-refractivity contribution in [1.82, 2.24) is 0 Å². The molecule has 2 aromatic rings. The zero-order chi connectivity index (χ0) is 10.8. The highest BCUT2D eigenvalue weighted by molar-refractivity contribution is 7.13. The summed E-state index contributed by atoms with van der Waals surface area (Å²) < 4.78 is 0. The Kier molecular flexibility index (Phi) is 2.75. The molecule has 0 aliphatic heterocycles. The van der Waals surface area contributed by atoms with Crippen LogP contribution >= 0.6 is 22.9 Å². The molecule has 0 radical (unpaired) electrons. The Bertz CT molecular complexity index is 491. The van der Waals surface area contributed by atoms with Gasteiger partial charge in [-0.15, -0.1) is 11.3 Å². The van der Waals surface area contributed by atoms with E-state index in [1.54, 1.807) is 18.2 Å². The number of hydrogen-bond donors (Lipinski definition) is 1. The molecule has 0 atom stereocenters. The van der Waals surface area contributed by atoms with Crippen LogP contribution in [0.5, 0.6) is 0 Å². The van der Waals surface area contributed by atoms with Gasteiger partial charge in [-0.05, 0) is 17.5 Å². The third kappa shape index (κ3) is 1.89. The highest BCUT2D eigenvalue weighted by atomic mass is 35.5. The molecule has 0 bridgehead atoms. The third-order valence-electron chi connectivity index (χ3n) is 2.01. The molecular weight excluding hydrogens is 232 g/mol. The number of carboxylic acid groups (broad SMARTS) is 1. The molecule has 0 aliphatic carbocycles. The van der Waals surface area contributed by atoms with Gasteiger partial charge in [0.05, 0.1) is 10.6 Å². The molecular formula is C11H7ClO2S. The molecule has 15 heavy (non-hydrogen) atoms. The summed E-state index contributed by atoms with van der Waals surface area (Å²) in [5, 5.41) is 11.2. The van der Waals surface area contributed by atoms with Crippen LogP contribution in [0, 0.1) is 0 Å². The zero-order valence-corrected chi connectivity index (χ0v) is 9.18. The fourth-order valence-electron chi connectivity index (χ4n) is 1.38. The maximum absolute atomic E-state index is 11.1. The second-order valence-corrected chi connectivity index (χ2v) is 4.30. The van der Waals surface area contributed by atoms with Crippen LogP contribution in [0.4, 0.5) is 0 Å². The molecule has 0 unspecified atom stereocenters. The predicted octanol–water partition coefficient (Wildman–Crippen LogP) is 3.77. The van der Waals surface area contributed by atoms with Crippen molar-refractivity contribution in [3.8, 4) is 10.4 Å². The number of carbonyl (C=O) groups is 1. The van der Waals surface area contributed by atoms with E-state index in [-0.39, 0.29) is 10.6 Å². The summed E-state index contributed by atoms with van der Waals surface area (Å²) in [6, 6.07) is 8.86. The number of halogens is 1. The molecule has 0 amide bonds. The van der Waals surface area contributed by atoms with Gasteiger partial charge in [-0.3, -0.25) is 0 Å². The molecule has 1 aromatic carbocycles. The minimum atomic E-state index is -0.996. The lowest BCUT2D eigenvalue weighted by Crippen LogP contribution is -1.99. The Morgan fingerprint density at radius 2 is 2.07 bits per heavy atom. The first-order valence-corrected chi connectivity index (χ1v) is 5.51. The van der Waals surface area contributed by atoms with E-state index in [9.17, 15) is 4.79 Å². The number of aromatic carboxylic acids is 1. The standard InChI is InChI=1S/C11H7ClO2S/c12-8-4-1-3-7(10(8)11(13)14)9-5-2-6-15-9/h1-6H,(H,13,14). The molecule has 4 heteroatoms. The summed E-state index contributed by atoms with van der Waals surface area (Å²) in [6.45, 7) is 0. The fraction of sp³-hybridized carbons (Fsp3) is 0. The van der Waals surface area contributed by atoms with E-state index >= 15 is 0 Å². The van der Waals surface area contributed by atoms with Gasteiger partial charge in [-0.25, -0.2) is 4.79 Å². The fourth-order valence-corrected chi connectivity index (χ4v) is 2.39. The van der Waals surface area contributed by atoms with E-state index < -0.39 is 5.97 Å². The average Bonchev–Trinajstić information content (AvgIpc) is 2.69. The van der Waals surface area contributed by atoms with E-state index in [1.807, 2.05) is 17.5 Å². The second kappa shape index (κ2) is 4.04. The number of carboxylic acids is 1. The minimum Gasteiger partial charge on any atom is -0.478 e. The lowest BCUT2D eigenvalue weighted by Gasteiger charge is -2.05. The molecule has 0 fully saturated rings. The van der Waals surface area contributed by atoms with Gasteiger partial charge < -0.3 is 5.11 Å². The van der Waals surface area contributed by atoms with Crippen LogP contribution in [0.15, 0.2) is 35.7 Å². The van der Waals surface area contributed by atoms with Crippen LogP contribution in [0.3, 0.4) is 0 Å². The molecule has 1 aromatic heterocycles. The van der Waals surface area contributed by atoms with Gasteiger partial charge in [0, 0.05) is 10.4 Å². The maximum atomic E-state index is 11.1. The Balaban J connectivity index is 2.66. The van der Waals surface area contributed by atoms with Crippen LogP contribution in [0.1, 0.15) is 10.4 Å². The Hall–Kier alpha value is -1.32. The van der Waals surface area contributed by atoms with Crippen molar-refractivity contribution < 1.29 is 9.90 Å². The van der Waals surface area contributed by atoms with Crippen molar-refractivity contribution in [2.45, 2.75) is 0 Å². The summed E-state index contributed by atoms with van der Waals surface area (Å²) in [5.74, 6) is -0.996. The topological polar surface area (TPSA) is 37.3 Å². The second-order valence-electron chi connectivity index (χ2n) is 2.94. The molecule has 1 heterocycles. The van der Waals surface area contributed by atoms with Crippen LogP contribution in [-0.4, -0.2) is 11.1 Å². The van der Waals surface area contributed by atoms with E-state index in [0.717, 1.165) is 4.88 Å². The monoisotopic (exact) mass is 238 g/mol. The lowest BCUT2D eigenvalue weighted by atomic mass is 10.1. The van der Waals surface area contributed by atoms with Gasteiger partial charge in [0.25, 0.3) is 0 Å². The van der Waals surface area contributed by atoms with Gasteiger partial charge >= 0.3 is 5.97 Å². The smallest absolute Gasteiger partial charge is 0.337 e. The number of thiophene rings is 1. The first-order chi connectivity index (χ1) is 7.20. The summed E-state index contributed by atoms with van der Waals surface area (Å²) in [4.78, 5) is 12.0. The highest BCUT2D eigenvalue weighted by Gasteiger charge is 2.15. The van der Waals surface area contributed by atoms with Gasteiger partial charge in [-0.1, -0.05) is 29.8 Å². The largest absolute Gasteiger partial charge is 0.478 e. The van der Waals surface area contributed by atoms with Crippen molar-refractivity contribution >= 4 is 28.9 Å². The summed E-state index contributed by atoms with van der Waals surface area (Å²) in [5.41, 5.74) is 0.839. The number of benzene rings is 1. The van der Waals surface area contributed by atoms with E-state index in [2.05, 4.69) is 0 Å². The van der Waals surface area contributed by atoms with E-state index in [1.165, 1.54) is 11.3 Å². The molecule has 0 saturated heterocycles. The molecule has 2 nitrogen and oxygen atoms in total. The van der Waals surface area contributed by atoms with Gasteiger partial charge in [-0.2, -0.15) is 0 Å². The summed E-state index contributed by atoms with van der Waals surface area (Å²) >= 11 is 7.36. The third-order valence-corrected chi connectivity index (χ3v) is 3.23. The number of rotatable bonds is 2. The Labute approximate surface area is 95.8 Å². The summed E-state index contributed by atoms with van der Waals surface area (Å²) in [7, 11) is 0. The zero-order valence-electron chi connectivity index (χ0n) is 7.61. The van der Waals surface area contributed by atoms with Crippen molar-refractivity contribution in [3.63, 3.8) is 0 Å². The first kappa shape index (κ1) is 10.2. The first-order valence-electron chi connectivity index (χ1n) is 4.26. The quantitative estimate of drug-likeness (QED) is 0.865. The highest BCUT2D eigenvalue weighted by Crippen LogP contribution is 2.31. The normalized spacial score (nSPS) is 10.2. The molecule has 0 spiro atoms. The maximum Gasteiger partial charge on any atom is 0.337 e.